The van der Waals surface area contributed by atoms with Gasteiger partial charge in [0.25, 0.3) is 0 Å². The van der Waals surface area contributed by atoms with Crippen LogP contribution in [-0.2, 0) is 9.59 Å². The van der Waals surface area contributed by atoms with E-state index < -0.39 is 18.0 Å². The number of carbonyl (C=O) groups is 2. The molecule has 0 aromatic rings. The lowest BCUT2D eigenvalue weighted by atomic mass is 10.3. The van der Waals surface area contributed by atoms with E-state index in [0.717, 1.165) is 6.08 Å². The number of rotatable bonds is 3. The maximum absolute atomic E-state index is 10.0. The van der Waals surface area contributed by atoms with E-state index in [1.807, 2.05) is 0 Å². The van der Waals surface area contributed by atoms with Crippen molar-refractivity contribution >= 4 is 11.9 Å². The molecule has 0 radical (unpaired) electrons. The third-order valence-corrected chi connectivity index (χ3v) is 0.768. The van der Waals surface area contributed by atoms with Crippen LogP contribution in [-0.4, -0.2) is 28.2 Å². The van der Waals surface area contributed by atoms with Crippen LogP contribution >= 0.6 is 0 Å². The van der Waals surface area contributed by atoms with Gasteiger partial charge < -0.3 is 15.9 Å². The maximum atomic E-state index is 10.0. The lowest BCUT2D eigenvalue weighted by Crippen LogP contribution is -2.27. The van der Waals surface area contributed by atoms with Gasteiger partial charge in [-0.05, 0) is 6.08 Å². The van der Waals surface area contributed by atoms with Crippen molar-refractivity contribution in [3.8, 4) is 0 Å². The Hall–Kier alpha value is -1.58. The third-order valence-electron chi connectivity index (χ3n) is 0.768. The van der Waals surface area contributed by atoms with E-state index >= 15 is 0 Å². The predicted octanol–water partition coefficient (Wildman–Crippen LogP) is -0.806. The summed E-state index contributed by atoms with van der Waals surface area (Å²) in [6.45, 7) is 0. The van der Waals surface area contributed by atoms with Crippen LogP contribution in [0.5, 0.6) is 0 Å². The van der Waals surface area contributed by atoms with E-state index in [1.165, 1.54) is 0 Å². The van der Waals surface area contributed by atoms with Gasteiger partial charge in [0, 0.05) is 0 Å². The number of carboxylic acids is 2. The molecule has 0 bridgehead atoms. The molecule has 0 aliphatic carbocycles. The zero-order valence-corrected chi connectivity index (χ0v) is 5.52. The fourth-order valence-corrected chi connectivity index (χ4v) is 0.294. The van der Waals surface area contributed by atoms with Crippen LogP contribution in [0.4, 0.5) is 0 Å². The molecule has 0 aliphatic heterocycles. The highest BCUT2D eigenvalue weighted by atomic mass is 16.4. The van der Waals surface area contributed by atoms with E-state index in [1.54, 1.807) is 0 Å². The molecule has 0 amide bonds. The second-order valence-electron chi connectivity index (χ2n) is 1.68. The number of aliphatic carboxylic acids is 2. The van der Waals surface area contributed by atoms with E-state index in [-0.39, 0.29) is 0 Å². The minimum atomic E-state index is -1.23. The molecule has 1 atom stereocenters. The van der Waals surface area contributed by atoms with Crippen molar-refractivity contribution < 1.29 is 19.8 Å². The van der Waals surface area contributed by atoms with Crippen molar-refractivity contribution in [1.82, 2.24) is 0 Å². The molecule has 11 heavy (non-hydrogen) atoms. The van der Waals surface area contributed by atoms with Crippen LogP contribution in [0.2, 0.25) is 0 Å². The van der Waals surface area contributed by atoms with Gasteiger partial charge in [-0.1, -0.05) is 0 Å². The van der Waals surface area contributed by atoms with Gasteiger partial charge in [0.2, 0.25) is 0 Å². The Labute approximate surface area is 62.4 Å². The van der Waals surface area contributed by atoms with Crippen molar-refractivity contribution in [3.63, 3.8) is 0 Å². The summed E-state index contributed by atoms with van der Waals surface area (Å²) in [4.78, 5) is 19.8. The van der Waals surface area contributed by atoms with Crippen molar-refractivity contribution in [2.45, 2.75) is 6.04 Å². The molecule has 60 valence electrons. The maximum Gasteiger partial charge on any atom is 0.336 e. The molecule has 0 spiro atoms. The summed E-state index contributed by atoms with van der Waals surface area (Å²) < 4.78 is 0. The molecule has 0 fully saturated rings. The first-order valence-electron chi connectivity index (χ1n) is 2.68. The number of hydrogen-bond acceptors (Lipinski definition) is 3. The summed E-state index contributed by atoms with van der Waals surface area (Å²) in [5.74, 6) is -2.42. The summed E-state index contributed by atoms with van der Waals surface area (Å²) in [6, 6.07) is -1.20. The minimum Gasteiger partial charge on any atom is -0.480 e. The first-order valence-corrected chi connectivity index (χ1v) is 2.68. The zero-order chi connectivity index (χ0) is 8.85. The zero-order valence-electron chi connectivity index (χ0n) is 5.52. The fraction of sp³-hybridized carbons (Fsp3) is 0.167. The molecule has 5 nitrogen and oxygen atoms in total. The van der Waals surface area contributed by atoms with Crippen LogP contribution in [0.25, 0.3) is 0 Å². The van der Waals surface area contributed by atoms with Gasteiger partial charge >= 0.3 is 11.9 Å². The SMILES string of the molecule is NC(C=C=CC(=O)O)C(=O)O. The van der Waals surface area contributed by atoms with E-state index in [4.69, 9.17) is 15.9 Å². The van der Waals surface area contributed by atoms with Gasteiger partial charge in [-0.3, -0.25) is 4.79 Å². The second-order valence-corrected chi connectivity index (χ2v) is 1.68. The first-order chi connectivity index (χ1) is 5.04. The molecule has 0 saturated heterocycles. The molecule has 5 heteroatoms. The molecule has 1 unspecified atom stereocenters. The molecule has 0 saturated carbocycles. The average molecular weight is 157 g/mol. The Balaban J connectivity index is 4.13. The molecule has 0 aliphatic rings. The summed E-state index contributed by atoms with van der Waals surface area (Å²) in [5, 5.41) is 16.2. The molecule has 4 N–H and O–H groups in total. The quantitative estimate of drug-likeness (QED) is 0.367. The number of hydrogen-bond donors (Lipinski definition) is 3. The van der Waals surface area contributed by atoms with Crippen LogP contribution in [0.1, 0.15) is 0 Å². The third kappa shape index (κ3) is 4.90. The first kappa shape index (κ1) is 9.42. The highest BCUT2D eigenvalue weighted by molar-refractivity contribution is 5.80. The van der Waals surface area contributed by atoms with Crippen molar-refractivity contribution in [3.05, 3.63) is 17.9 Å². The van der Waals surface area contributed by atoms with Crippen LogP contribution in [0.15, 0.2) is 17.9 Å². The highest BCUT2D eigenvalue weighted by Crippen LogP contribution is 1.79. The summed E-state index contributed by atoms with van der Waals surface area (Å²) in [6.07, 6.45) is 1.64. The Bertz CT molecular complexity index is 227. The largest absolute Gasteiger partial charge is 0.480 e. The van der Waals surface area contributed by atoms with Gasteiger partial charge in [-0.2, -0.15) is 0 Å². The predicted molar refractivity (Wildman–Crippen MR) is 35.9 cm³/mol. The number of nitrogens with two attached hydrogens (primary N) is 1. The van der Waals surface area contributed by atoms with E-state index in [0.29, 0.717) is 6.08 Å². The molecule has 0 aromatic heterocycles. The van der Waals surface area contributed by atoms with Crippen LogP contribution in [0, 0.1) is 0 Å². The van der Waals surface area contributed by atoms with E-state index in [9.17, 15) is 9.59 Å². The monoisotopic (exact) mass is 157 g/mol. The van der Waals surface area contributed by atoms with Crippen LogP contribution in [0.3, 0.4) is 0 Å². The number of carboxylic acid groups (broad SMARTS) is 2. The molecular formula is C6H7NO4. The lowest BCUT2D eigenvalue weighted by molar-refractivity contribution is -0.137. The topological polar surface area (TPSA) is 101 Å². The van der Waals surface area contributed by atoms with Gasteiger partial charge in [0.05, 0.1) is 6.08 Å². The van der Waals surface area contributed by atoms with Gasteiger partial charge in [-0.25, -0.2) is 4.79 Å². The molecular weight excluding hydrogens is 150 g/mol. The second kappa shape index (κ2) is 4.27. The molecule has 0 aromatic carbocycles. The van der Waals surface area contributed by atoms with Gasteiger partial charge in [0.15, 0.2) is 0 Å². The smallest absolute Gasteiger partial charge is 0.336 e. The normalized spacial score (nSPS) is 11.0. The summed E-state index contributed by atoms with van der Waals surface area (Å²) in [7, 11) is 0. The summed E-state index contributed by atoms with van der Waals surface area (Å²) >= 11 is 0. The Morgan fingerprint density at radius 3 is 2.36 bits per heavy atom. The average Bonchev–Trinajstić information content (AvgIpc) is 1.86. The fourth-order valence-electron chi connectivity index (χ4n) is 0.294. The van der Waals surface area contributed by atoms with Crippen LogP contribution < -0.4 is 5.73 Å². The molecule has 0 heterocycles. The highest BCUT2D eigenvalue weighted by Gasteiger charge is 2.04. The Morgan fingerprint density at radius 1 is 1.45 bits per heavy atom. The van der Waals surface area contributed by atoms with Gasteiger partial charge in [-0.15, -0.1) is 5.73 Å². The Morgan fingerprint density at radius 2 is 2.00 bits per heavy atom. The Kier molecular flexibility index (Phi) is 3.66. The van der Waals surface area contributed by atoms with Crippen molar-refractivity contribution in [1.29, 1.82) is 0 Å². The van der Waals surface area contributed by atoms with E-state index in [2.05, 4.69) is 5.73 Å². The van der Waals surface area contributed by atoms with Gasteiger partial charge in [0.1, 0.15) is 6.04 Å². The summed E-state index contributed by atoms with van der Waals surface area (Å²) in [5.41, 5.74) is 7.08. The molecule has 0 rings (SSSR count). The minimum absolute atomic E-state index is 0.683. The van der Waals surface area contributed by atoms with Crippen molar-refractivity contribution in [2.24, 2.45) is 5.73 Å². The lowest BCUT2D eigenvalue weighted by Gasteiger charge is -1.93. The standard InChI is InChI=1S/C6H7NO4/c7-4(6(10)11)2-1-3-5(8)9/h2-4H,7H2,(H,8,9)(H,10,11). The van der Waals surface area contributed by atoms with Crippen molar-refractivity contribution in [2.75, 3.05) is 0 Å².